The molecule has 1 unspecified atom stereocenters. The highest BCUT2D eigenvalue weighted by Gasteiger charge is 2.29. The summed E-state index contributed by atoms with van der Waals surface area (Å²) in [7, 11) is 0. The second-order valence-electron chi connectivity index (χ2n) is 6.67. The van der Waals surface area contributed by atoms with Gasteiger partial charge in [-0.25, -0.2) is 0 Å². The zero-order chi connectivity index (χ0) is 17.2. The number of aryl methyl sites for hydroxylation is 1. The summed E-state index contributed by atoms with van der Waals surface area (Å²) in [6.07, 6.45) is 3.37. The van der Waals surface area contributed by atoms with Gasteiger partial charge in [-0.3, -0.25) is 0 Å². The monoisotopic (exact) mass is 337 g/mol. The lowest BCUT2D eigenvalue weighted by Crippen LogP contribution is -2.26. The zero-order valence-electron chi connectivity index (χ0n) is 14.6. The van der Waals surface area contributed by atoms with Gasteiger partial charge in [0.1, 0.15) is 17.7 Å². The lowest BCUT2D eigenvalue weighted by molar-refractivity contribution is 0.210. The van der Waals surface area contributed by atoms with Crippen LogP contribution in [0, 0.1) is 6.92 Å². The highest BCUT2D eigenvalue weighted by atomic mass is 16.5. The number of nitrogens with one attached hydrogen (secondary N) is 1. The van der Waals surface area contributed by atoms with Gasteiger partial charge in [-0.05, 0) is 56.0 Å². The van der Waals surface area contributed by atoms with Crippen molar-refractivity contribution >= 4 is 11.5 Å². The Labute approximate surface area is 147 Å². The van der Waals surface area contributed by atoms with Crippen LogP contribution in [0.1, 0.15) is 43.5 Å². The molecule has 2 aromatic heterocycles. The Morgan fingerprint density at radius 2 is 2.12 bits per heavy atom. The van der Waals surface area contributed by atoms with E-state index in [0.717, 1.165) is 29.5 Å². The third-order valence-electron chi connectivity index (χ3n) is 4.49. The molecule has 1 atom stereocenters. The van der Waals surface area contributed by atoms with Crippen molar-refractivity contribution in [2.45, 2.75) is 45.1 Å². The molecule has 1 aromatic carbocycles. The summed E-state index contributed by atoms with van der Waals surface area (Å²) in [4.78, 5) is 0. The molecule has 0 saturated heterocycles. The van der Waals surface area contributed by atoms with E-state index >= 15 is 0 Å². The van der Waals surface area contributed by atoms with Gasteiger partial charge in [-0.15, -0.1) is 15.3 Å². The fourth-order valence-corrected chi connectivity index (χ4v) is 2.86. The minimum atomic E-state index is 0.0862. The molecule has 2 heterocycles. The highest BCUT2D eigenvalue weighted by molar-refractivity contribution is 5.44. The standard InChI is InChI=1S/C19H23N5O/c1-3-15(25-16-6-4-5-13(2)11-16)12-20-17-9-10-18-21-22-19(14-7-8-14)24(18)23-17/h4-6,9-11,14-15H,3,7-8,12H2,1-2H3,(H,20,23). The van der Waals surface area contributed by atoms with Crippen LogP contribution < -0.4 is 10.1 Å². The number of hydrogen-bond donors (Lipinski definition) is 1. The highest BCUT2D eigenvalue weighted by Crippen LogP contribution is 2.38. The van der Waals surface area contributed by atoms with Crippen LogP contribution in [-0.4, -0.2) is 32.5 Å². The molecule has 1 aliphatic rings. The average Bonchev–Trinajstić information content (AvgIpc) is 3.38. The molecule has 25 heavy (non-hydrogen) atoms. The molecular weight excluding hydrogens is 314 g/mol. The van der Waals surface area contributed by atoms with Gasteiger partial charge in [0.2, 0.25) is 0 Å². The Morgan fingerprint density at radius 3 is 2.88 bits per heavy atom. The van der Waals surface area contributed by atoms with Gasteiger partial charge >= 0.3 is 0 Å². The van der Waals surface area contributed by atoms with E-state index in [-0.39, 0.29) is 6.10 Å². The summed E-state index contributed by atoms with van der Waals surface area (Å²) in [5, 5.41) is 16.5. The number of aromatic nitrogens is 4. The van der Waals surface area contributed by atoms with Gasteiger partial charge in [-0.1, -0.05) is 19.1 Å². The lowest BCUT2D eigenvalue weighted by atomic mass is 10.2. The van der Waals surface area contributed by atoms with Gasteiger partial charge in [0.15, 0.2) is 11.5 Å². The van der Waals surface area contributed by atoms with E-state index in [0.29, 0.717) is 12.5 Å². The number of fused-ring (bicyclic) bond motifs is 1. The largest absolute Gasteiger partial charge is 0.489 e. The molecule has 0 bridgehead atoms. The van der Waals surface area contributed by atoms with Crippen LogP contribution in [0.25, 0.3) is 5.65 Å². The van der Waals surface area contributed by atoms with Crippen molar-refractivity contribution in [2.75, 3.05) is 11.9 Å². The SMILES string of the molecule is CCC(CNc1ccc2nnc(C3CC3)n2n1)Oc1cccc(C)c1. The maximum absolute atomic E-state index is 6.09. The van der Waals surface area contributed by atoms with Gasteiger partial charge < -0.3 is 10.1 Å². The Hall–Kier alpha value is -2.63. The van der Waals surface area contributed by atoms with E-state index in [1.165, 1.54) is 18.4 Å². The van der Waals surface area contributed by atoms with E-state index in [4.69, 9.17) is 4.74 Å². The van der Waals surface area contributed by atoms with Crippen LogP contribution >= 0.6 is 0 Å². The Bertz CT molecular complexity index is 871. The van der Waals surface area contributed by atoms with Crippen LogP contribution in [0.5, 0.6) is 5.75 Å². The Morgan fingerprint density at radius 1 is 1.24 bits per heavy atom. The minimum Gasteiger partial charge on any atom is -0.489 e. The predicted molar refractivity (Wildman–Crippen MR) is 97.1 cm³/mol. The smallest absolute Gasteiger partial charge is 0.178 e. The molecule has 4 rings (SSSR count). The fraction of sp³-hybridized carbons (Fsp3) is 0.421. The number of anilines is 1. The molecule has 0 radical (unpaired) electrons. The number of nitrogens with zero attached hydrogens (tertiary/aromatic N) is 4. The third kappa shape index (κ3) is 3.57. The van der Waals surface area contributed by atoms with E-state index in [2.05, 4.69) is 46.6 Å². The van der Waals surface area contributed by atoms with Gasteiger partial charge in [0.25, 0.3) is 0 Å². The first-order valence-electron chi connectivity index (χ1n) is 8.92. The molecule has 0 aliphatic heterocycles. The van der Waals surface area contributed by atoms with Crippen molar-refractivity contribution in [1.82, 2.24) is 19.8 Å². The maximum Gasteiger partial charge on any atom is 0.178 e. The Balaban J connectivity index is 1.44. The number of benzene rings is 1. The molecule has 6 nitrogen and oxygen atoms in total. The molecule has 6 heteroatoms. The first-order chi connectivity index (χ1) is 12.2. The summed E-state index contributed by atoms with van der Waals surface area (Å²) >= 11 is 0. The molecule has 0 spiro atoms. The second kappa shape index (κ2) is 6.70. The van der Waals surface area contributed by atoms with Crippen molar-refractivity contribution in [3.05, 3.63) is 47.8 Å². The number of rotatable bonds is 7. The van der Waals surface area contributed by atoms with E-state index in [1.54, 1.807) is 0 Å². The number of ether oxygens (including phenoxy) is 1. The van der Waals surface area contributed by atoms with E-state index in [1.807, 2.05) is 28.8 Å². The molecular formula is C19H23N5O. The van der Waals surface area contributed by atoms with E-state index < -0.39 is 0 Å². The zero-order valence-corrected chi connectivity index (χ0v) is 14.6. The quantitative estimate of drug-likeness (QED) is 0.714. The molecule has 1 N–H and O–H groups in total. The van der Waals surface area contributed by atoms with Crippen LogP contribution in [-0.2, 0) is 0 Å². The topological polar surface area (TPSA) is 64.3 Å². The second-order valence-corrected chi connectivity index (χ2v) is 6.67. The predicted octanol–water partition coefficient (Wildman–Crippen LogP) is 3.58. The molecule has 3 aromatic rings. The maximum atomic E-state index is 6.09. The normalized spacial score (nSPS) is 15.3. The van der Waals surface area contributed by atoms with Crippen molar-refractivity contribution in [1.29, 1.82) is 0 Å². The van der Waals surface area contributed by atoms with Crippen molar-refractivity contribution in [3.63, 3.8) is 0 Å². The molecule has 1 saturated carbocycles. The summed E-state index contributed by atoms with van der Waals surface area (Å²) in [6.45, 7) is 4.90. The lowest BCUT2D eigenvalue weighted by Gasteiger charge is -2.18. The molecule has 130 valence electrons. The van der Waals surface area contributed by atoms with E-state index in [9.17, 15) is 0 Å². The van der Waals surface area contributed by atoms with Crippen LogP contribution in [0.4, 0.5) is 5.82 Å². The summed E-state index contributed by atoms with van der Waals surface area (Å²) in [5.41, 5.74) is 2.00. The minimum absolute atomic E-state index is 0.0862. The first kappa shape index (κ1) is 15.9. The van der Waals surface area contributed by atoms with Gasteiger partial charge in [0.05, 0.1) is 6.54 Å². The molecule has 1 fully saturated rings. The van der Waals surface area contributed by atoms with Crippen LogP contribution in [0.15, 0.2) is 36.4 Å². The number of hydrogen-bond acceptors (Lipinski definition) is 5. The summed E-state index contributed by atoms with van der Waals surface area (Å²) < 4.78 is 7.95. The fourth-order valence-electron chi connectivity index (χ4n) is 2.86. The summed E-state index contributed by atoms with van der Waals surface area (Å²) in [5.74, 6) is 3.22. The summed E-state index contributed by atoms with van der Waals surface area (Å²) in [6, 6.07) is 12.1. The van der Waals surface area contributed by atoms with Gasteiger partial charge in [-0.2, -0.15) is 4.52 Å². The third-order valence-corrected chi connectivity index (χ3v) is 4.49. The van der Waals surface area contributed by atoms with Crippen LogP contribution in [0.2, 0.25) is 0 Å². The van der Waals surface area contributed by atoms with Gasteiger partial charge in [0, 0.05) is 5.92 Å². The van der Waals surface area contributed by atoms with Crippen molar-refractivity contribution in [2.24, 2.45) is 0 Å². The van der Waals surface area contributed by atoms with Crippen molar-refractivity contribution in [3.8, 4) is 5.75 Å². The Kier molecular flexibility index (Phi) is 4.26. The first-order valence-corrected chi connectivity index (χ1v) is 8.92. The molecule has 1 aliphatic carbocycles. The molecule has 0 amide bonds. The van der Waals surface area contributed by atoms with Crippen LogP contribution in [0.3, 0.4) is 0 Å². The van der Waals surface area contributed by atoms with Crippen molar-refractivity contribution < 1.29 is 4.74 Å². The average molecular weight is 337 g/mol.